The zero-order valence-electron chi connectivity index (χ0n) is 15.5. The Morgan fingerprint density at radius 1 is 1.11 bits per heavy atom. The van der Waals surface area contributed by atoms with Crippen LogP contribution in [0.5, 0.6) is 5.75 Å². The molecule has 2 aromatic carbocycles. The molecule has 0 aromatic heterocycles. The number of rotatable bonds is 7. The van der Waals surface area contributed by atoms with Crippen LogP contribution in [0.25, 0.3) is 0 Å². The Morgan fingerprint density at radius 2 is 1.75 bits per heavy atom. The van der Waals surface area contributed by atoms with E-state index in [4.69, 9.17) is 16.3 Å². The van der Waals surface area contributed by atoms with Crippen LogP contribution >= 0.6 is 11.6 Å². The van der Waals surface area contributed by atoms with Crippen LogP contribution in [-0.4, -0.2) is 52.1 Å². The minimum absolute atomic E-state index is 0.0837. The van der Waals surface area contributed by atoms with Gasteiger partial charge in [0.15, 0.2) is 6.61 Å². The third kappa shape index (κ3) is 6.43. The number of nitrogens with one attached hydrogen (secondary N) is 2. The number of likely N-dealkylation sites (N-methyl/N-ethyl adjacent to an activating group) is 1. The molecule has 2 aromatic rings. The summed E-state index contributed by atoms with van der Waals surface area (Å²) in [5, 5.41) is 2.86. The lowest BCUT2D eigenvalue weighted by atomic mass is 10.2. The number of sulfonamides is 1. The summed E-state index contributed by atoms with van der Waals surface area (Å²) in [7, 11) is -0.256. The predicted molar refractivity (Wildman–Crippen MR) is 109 cm³/mol. The van der Waals surface area contributed by atoms with Crippen molar-refractivity contribution in [2.75, 3.05) is 37.0 Å². The van der Waals surface area contributed by atoms with Crippen molar-refractivity contribution < 1.29 is 22.7 Å². The van der Waals surface area contributed by atoms with Gasteiger partial charge in [0.25, 0.3) is 11.8 Å². The third-order valence-electron chi connectivity index (χ3n) is 3.50. The fourth-order valence-corrected chi connectivity index (χ4v) is 2.85. The molecule has 0 aliphatic carbocycles. The second-order valence-corrected chi connectivity index (χ2v) is 8.28. The molecule has 0 spiro atoms. The molecule has 10 heteroatoms. The molecule has 0 atom stereocenters. The summed E-state index contributed by atoms with van der Waals surface area (Å²) in [6, 6.07) is 10.8. The highest BCUT2D eigenvalue weighted by atomic mass is 35.5. The van der Waals surface area contributed by atoms with Crippen molar-refractivity contribution in [3.8, 4) is 5.75 Å². The summed E-state index contributed by atoms with van der Waals surface area (Å²) in [5.74, 6) is -0.123. The minimum atomic E-state index is -3.53. The predicted octanol–water partition coefficient (Wildman–Crippen LogP) is 2.43. The summed E-state index contributed by atoms with van der Waals surface area (Å²) in [6.45, 7) is -0.0837. The first-order valence-corrected chi connectivity index (χ1v) is 10.3. The van der Waals surface area contributed by atoms with Gasteiger partial charge in [0.05, 0.1) is 17.0 Å². The first kappa shape index (κ1) is 21.5. The molecule has 0 saturated carbocycles. The summed E-state index contributed by atoms with van der Waals surface area (Å²) >= 11 is 5.96. The number of amides is 2. The van der Waals surface area contributed by atoms with Crippen LogP contribution in [-0.2, 0) is 14.8 Å². The molecular formula is C18H20ClN3O5S. The minimum Gasteiger partial charge on any atom is -0.484 e. The van der Waals surface area contributed by atoms with Gasteiger partial charge >= 0.3 is 0 Å². The SMILES string of the molecule is CN(C)C(=O)COc1ccc(NC(=O)c2ccc(Cl)c(NS(C)(=O)=O)c2)cc1. The zero-order valence-corrected chi connectivity index (χ0v) is 17.1. The Hall–Kier alpha value is -2.78. The van der Waals surface area contributed by atoms with Crippen LogP contribution in [0.15, 0.2) is 42.5 Å². The second kappa shape index (κ2) is 8.94. The molecule has 0 fully saturated rings. The van der Waals surface area contributed by atoms with Crippen molar-refractivity contribution >= 4 is 44.8 Å². The first-order valence-electron chi connectivity index (χ1n) is 8.07. The molecular weight excluding hydrogens is 406 g/mol. The van der Waals surface area contributed by atoms with Crippen molar-refractivity contribution in [3.63, 3.8) is 0 Å². The van der Waals surface area contributed by atoms with Crippen LogP contribution in [0, 0.1) is 0 Å². The summed E-state index contributed by atoms with van der Waals surface area (Å²) in [4.78, 5) is 25.3. The van der Waals surface area contributed by atoms with Gasteiger partial charge in [0, 0.05) is 25.3 Å². The van der Waals surface area contributed by atoms with E-state index in [1.165, 1.54) is 23.1 Å². The molecule has 150 valence electrons. The van der Waals surface area contributed by atoms with E-state index in [-0.39, 0.29) is 28.8 Å². The number of ether oxygens (including phenoxy) is 1. The van der Waals surface area contributed by atoms with E-state index in [2.05, 4.69) is 10.0 Å². The molecule has 0 heterocycles. The highest BCUT2D eigenvalue weighted by molar-refractivity contribution is 7.92. The first-order chi connectivity index (χ1) is 13.0. The smallest absolute Gasteiger partial charge is 0.259 e. The fourth-order valence-electron chi connectivity index (χ4n) is 2.06. The van der Waals surface area contributed by atoms with Crippen molar-refractivity contribution in [2.45, 2.75) is 0 Å². The summed E-state index contributed by atoms with van der Waals surface area (Å²) in [5.41, 5.74) is 0.849. The van der Waals surface area contributed by atoms with Crippen LogP contribution in [0.2, 0.25) is 5.02 Å². The number of anilines is 2. The molecule has 2 amide bonds. The van der Waals surface area contributed by atoms with E-state index in [0.717, 1.165) is 6.26 Å². The Labute approximate surface area is 168 Å². The van der Waals surface area contributed by atoms with Gasteiger partial charge in [-0.2, -0.15) is 0 Å². The van der Waals surface area contributed by atoms with Crippen molar-refractivity contribution in [1.29, 1.82) is 0 Å². The largest absolute Gasteiger partial charge is 0.484 e. The van der Waals surface area contributed by atoms with Gasteiger partial charge in [0.1, 0.15) is 5.75 Å². The van der Waals surface area contributed by atoms with E-state index in [1.54, 1.807) is 38.4 Å². The quantitative estimate of drug-likeness (QED) is 0.708. The Balaban J connectivity index is 2.05. The number of carbonyl (C=O) groups is 2. The van der Waals surface area contributed by atoms with E-state index >= 15 is 0 Å². The molecule has 0 radical (unpaired) electrons. The van der Waals surface area contributed by atoms with Gasteiger partial charge in [-0.1, -0.05) is 11.6 Å². The number of carbonyl (C=O) groups excluding carboxylic acids is 2. The Bertz CT molecular complexity index is 975. The van der Waals surface area contributed by atoms with Crippen LogP contribution in [0.3, 0.4) is 0 Å². The van der Waals surface area contributed by atoms with Gasteiger partial charge in [-0.3, -0.25) is 14.3 Å². The van der Waals surface area contributed by atoms with E-state index in [0.29, 0.717) is 11.4 Å². The maximum atomic E-state index is 12.4. The van der Waals surface area contributed by atoms with Gasteiger partial charge in [-0.25, -0.2) is 8.42 Å². The second-order valence-electron chi connectivity index (χ2n) is 6.12. The highest BCUT2D eigenvalue weighted by Gasteiger charge is 2.12. The summed E-state index contributed by atoms with van der Waals surface area (Å²) in [6.07, 6.45) is 0.992. The molecule has 8 nitrogen and oxygen atoms in total. The summed E-state index contributed by atoms with van der Waals surface area (Å²) < 4.78 is 30.4. The molecule has 28 heavy (non-hydrogen) atoms. The standard InChI is InChI=1S/C18H20ClN3O5S/c1-22(2)17(23)11-27-14-7-5-13(6-8-14)20-18(24)12-4-9-15(19)16(10-12)21-28(3,25)26/h4-10,21H,11H2,1-3H3,(H,20,24). The van der Waals surface area contributed by atoms with Gasteiger partial charge < -0.3 is 15.0 Å². The molecule has 0 aliphatic heterocycles. The van der Waals surface area contributed by atoms with Crippen molar-refractivity contribution in [1.82, 2.24) is 4.90 Å². The normalized spacial score (nSPS) is 10.9. The number of hydrogen-bond acceptors (Lipinski definition) is 5. The number of halogens is 1. The van der Waals surface area contributed by atoms with Gasteiger partial charge in [0.2, 0.25) is 10.0 Å². The van der Waals surface area contributed by atoms with Crippen LogP contribution in [0.1, 0.15) is 10.4 Å². The number of nitrogens with zero attached hydrogens (tertiary/aromatic N) is 1. The third-order valence-corrected chi connectivity index (χ3v) is 4.42. The molecule has 2 rings (SSSR count). The van der Waals surface area contributed by atoms with Crippen LogP contribution < -0.4 is 14.8 Å². The highest BCUT2D eigenvalue weighted by Crippen LogP contribution is 2.24. The van der Waals surface area contributed by atoms with E-state index in [9.17, 15) is 18.0 Å². The molecule has 2 N–H and O–H groups in total. The van der Waals surface area contributed by atoms with Crippen molar-refractivity contribution in [3.05, 3.63) is 53.1 Å². The van der Waals surface area contributed by atoms with Gasteiger partial charge in [-0.15, -0.1) is 0 Å². The molecule has 0 unspecified atom stereocenters. The topological polar surface area (TPSA) is 105 Å². The van der Waals surface area contributed by atoms with Gasteiger partial charge in [-0.05, 0) is 42.5 Å². The molecule has 0 aliphatic rings. The zero-order chi connectivity index (χ0) is 20.9. The maximum absolute atomic E-state index is 12.4. The lowest BCUT2D eigenvalue weighted by Crippen LogP contribution is -2.27. The van der Waals surface area contributed by atoms with E-state index in [1.807, 2.05) is 0 Å². The average molecular weight is 426 g/mol. The lowest BCUT2D eigenvalue weighted by Gasteiger charge is -2.12. The monoisotopic (exact) mass is 425 g/mol. The lowest BCUT2D eigenvalue weighted by molar-refractivity contribution is -0.130. The number of benzene rings is 2. The van der Waals surface area contributed by atoms with E-state index < -0.39 is 15.9 Å². The average Bonchev–Trinajstić information content (AvgIpc) is 2.61. The Kier molecular flexibility index (Phi) is 6.87. The molecule has 0 bridgehead atoms. The fraction of sp³-hybridized carbons (Fsp3) is 0.222. The Morgan fingerprint density at radius 3 is 2.32 bits per heavy atom. The maximum Gasteiger partial charge on any atom is 0.259 e. The molecule has 0 saturated heterocycles. The van der Waals surface area contributed by atoms with Crippen LogP contribution in [0.4, 0.5) is 11.4 Å². The number of hydrogen-bond donors (Lipinski definition) is 2. The van der Waals surface area contributed by atoms with Crippen molar-refractivity contribution in [2.24, 2.45) is 0 Å².